The molecule has 5 rings (SSSR count). The van der Waals surface area contributed by atoms with Crippen molar-refractivity contribution in [1.29, 1.82) is 0 Å². The molecule has 4 N–H and O–H groups in total. The molecule has 312 valence electrons. The summed E-state index contributed by atoms with van der Waals surface area (Å²) in [7, 11) is 3.71. The first-order valence-electron chi connectivity index (χ1n) is 19.5. The Hall–Kier alpha value is -3.51. The minimum atomic E-state index is -1.88. The van der Waals surface area contributed by atoms with Crippen LogP contribution in [0.3, 0.4) is 0 Å². The highest BCUT2D eigenvalue weighted by Crippen LogP contribution is 2.39. The van der Waals surface area contributed by atoms with Crippen LogP contribution in [0.1, 0.15) is 80.2 Å². The number of cyclic esters (lactones) is 1. The SMILES string of the molecule is CC[C@H]1OC(=O)[C@H](C)C(=O)[C@H](C)[C@@H](O[C@@H]2O[C@H](C)C[C@H](N(C)C)[C@H]2O)[C@@]2(C)C[C@@H](C)C(=O)[C@H](C)[C@@H](OC/C(=N\OCc3ccc4oc(N)nc4c3)CO2)[C@]1(C)O. The van der Waals surface area contributed by atoms with Crippen LogP contribution in [0.5, 0.6) is 0 Å². The van der Waals surface area contributed by atoms with E-state index in [4.69, 9.17) is 38.7 Å². The Balaban J connectivity index is 1.60. The van der Waals surface area contributed by atoms with E-state index in [0.717, 1.165) is 5.56 Å². The van der Waals surface area contributed by atoms with Crippen LogP contribution in [0.15, 0.2) is 27.8 Å². The summed E-state index contributed by atoms with van der Waals surface area (Å²) in [6.07, 6.45) is -5.33. The molecule has 0 spiro atoms. The molecule has 4 heterocycles. The topological polar surface area (TPSA) is 215 Å². The first kappa shape index (κ1) is 43.6. The predicted molar refractivity (Wildman–Crippen MR) is 204 cm³/mol. The Morgan fingerprint density at radius 2 is 1.77 bits per heavy atom. The molecular weight excluding hydrogens is 728 g/mol. The fourth-order valence-electron chi connectivity index (χ4n) is 8.48. The van der Waals surface area contributed by atoms with E-state index < -0.39 is 77.3 Å². The van der Waals surface area contributed by atoms with E-state index in [0.29, 0.717) is 17.5 Å². The summed E-state index contributed by atoms with van der Waals surface area (Å²) >= 11 is 0. The number of nitrogen functional groups attached to an aromatic ring is 1. The molecular formula is C40H60N4O12. The molecule has 0 aliphatic carbocycles. The minimum absolute atomic E-state index is 0.0295. The normalized spacial score (nSPS) is 38.9. The van der Waals surface area contributed by atoms with Gasteiger partial charge in [0.05, 0.1) is 37.1 Å². The molecule has 3 fully saturated rings. The molecule has 0 radical (unpaired) electrons. The number of hydrogen-bond donors (Lipinski definition) is 3. The fraction of sp³-hybridized carbons (Fsp3) is 0.725. The molecule has 2 aromatic rings. The number of aliphatic hydroxyl groups is 2. The van der Waals surface area contributed by atoms with Gasteiger partial charge in [-0.3, -0.25) is 14.4 Å². The van der Waals surface area contributed by atoms with Gasteiger partial charge in [-0.05, 0) is 78.7 Å². The van der Waals surface area contributed by atoms with Gasteiger partial charge in [0.15, 0.2) is 17.7 Å². The van der Waals surface area contributed by atoms with Crippen molar-refractivity contribution in [2.45, 2.75) is 135 Å². The Kier molecular flexibility index (Phi) is 13.7. The Morgan fingerprint density at radius 3 is 2.45 bits per heavy atom. The fourth-order valence-corrected chi connectivity index (χ4v) is 8.48. The lowest BCUT2D eigenvalue weighted by Crippen LogP contribution is -2.60. The number of Topliss-reactive ketones (excluding diaryl/α,β-unsaturated/α-hetero) is 2. The van der Waals surface area contributed by atoms with Gasteiger partial charge in [-0.25, -0.2) is 0 Å². The number of nitrogens with two attached hydrogens (primary N) is 1. The van der Waals surface area contributed by atoms with Crippen molar-refractivity contribution in [2.24, 2.45) is 28.8 Å². The molecule has 0 unspecified atom stereocenters. The van der Waals surface area contributed by atoms with Crippen LogP contribution in [0, 0.1) is 23.7 Å². The zero-order chi connectivity index (χ0) is 41.3. The summed E-state index contributed by atoms with van der Waals surface area (Å²) in [5.74, 6) is -5.50. The standard InChI is InChI=1S/C40H60N4O12/c1-11-30-40(8,49)35-22(4)31(45)20(2)16-39(7,51-19-26(18-50-35)43-52-17-25-12-13-29-27(15-25)42-38(41)54-29)34(23(5)32(46)24(6)36(48)55-30)56-37-33(47)28(44(9)10)14-21(3)53-37/h12-13,15,20-24,28,30,33-35,37,47,49H,11,14,16-19H2,1-10H3,(H2,41,42)/b43-26+/t20-,21-,22+,23+,24-,28+,30-,33-,34-,35-,37+,39-,40-/m1/s1. The number of fused-ring (bicyclic) bond motifs is 6. The highest BCUT2D eigenvalue weighted by atomic mass is 16.7. The molecule has 0 saturated carbocycles. The summed E-state index contributed by atoms with van der Waals surface area (Å²) in [5.41, 5.74) is 4.47. The number of aromatic nitrogens is 1. The molecule has 2 bridgehead atoms. The second-order valence-corrected chi connectivity index (χ2v) is 16.5. The van der Waals surface area contributed by atoms with Crippen LogP contribution in [0.2, 0.25) is 0 Å². The molecule has 0 amide bonds. The van der Waals surface area contributed by atoms with E-state index in [-0.39, 0.29) is 62.3 Å². The second-order valence-electron chi connectivity index (χ2n) is 16.5. The minimum Gasteiger partial charge on any atom is -0.459 e. The van der Waals surface area contributed by atoms with Crippen molar-refractivity contribution in [2.75, 3.05) is 33.0 Å². The maximum absolute atomic E-state index is 14.4. The van der Waals surface area contributed by atoms with E-state index >= 15 is 0 Å². The van der Waals surface area contributed by atoms with Gasteiger partial charge in [0, 0.05) is 23.8 Å². The smallest absolute Gasteiger partial charge is 0.316 e. The first-order chi connectivity index (χ1) is 26.3. The Bertz CT molecular complexity index is 1750. The van der Waals surface area contributed by atoms with Crippen molar-refractivity contribution in [3.63, 3.8) is 0 Å². The molecule has 16 heteroatoms. The van der Waals surface area contributed by atoms with Gasteiger partial charge in [-0.1, -0.05) is 38.9 Å². The van der Waals surface area contributed by atoms with Crippen molar-refractivity contribution in [1.82, 2.24) is 9.88 Å². The number of likely N-dealkylation sites (N-methyl/N-ethyl adjacent to an activating group) is 1. The van der Waals surface area contributed by atoms with Gasteiger partial charge >= 0.3 is 5.97 Å². The number of rotatable bonds is 7. The summed E-state index contributed by atoms with van der Waals surface area (Å²) in [5, 5.41) is 28.1. The number of oxime groups is 1. The van der Waals surface area contributed by atoms with E-state index in [1.807, 2.05) is 25.9 Å². The number of carbonyl (C=O) groups excluding carboxylic acids is 3. The maximum Gasteiger partial charge on any atom is 0.316 e. The summed E-state index contributed by atoms with van der Waals surface area (Å²) in [4.78, 5) is 54.3. The van der Waals surface area contributed by atoms with Gasteiger partial charge in [-0.15, -0.1) is 0 Å². The number of carbonyl (C=O) groups is 3. The quantitative estimate of drug-likeness (QED) is 0.208. The van der Waals surface area contributed by atoms with E-state index in [1.54, 1.807) is 52.8 Å². The van der Waals surface area contributed by atoms with Gasteiger partial charge < -0.3 is 53.8 Å². The third-order valence-electron chi connectivity index (χ3n) is 11.7. The number of oxazole rings is 1. The predicted octanol–water partition coefficient (Wildman–Crippen LogP) is 3.43. The monoisotopic (exact) mass is 788 g/mol. The van der Waals surface area contributed by atoms with Crippen molar-refractivity contribution >= 4 is 40.4 Å². The average molecular weight is 789 g/mol. The van der Waals surface area contributed by atoms with Crippen molar-refractivity contribution < 1.29 is 57.5 Å². The van der Waals surface area contributed by atoms with Gasteiger partial charge in [-0.2, -0.15) is 4.98 Å². The number of esters is 1. The summed E-state index contributed by atoms with van der Waals surface area (Å²) < 4.78 is 37.3. The number of anilines is 1. The number of ketones is 2. The number of ether oxygens (including phenoxy) is 5. The van der Waals surface area contributed by atoms with Crippen LogP contribution in [-0.2, 0) is 49.5 Å². The average Bonchev–Trinajstić information content (AvgIpc) is 3.52. The molecule has 1 aromatic carbocycles. The molecule has 56 heavy (non-hydrogen) atoms. The third kappa shape index (κ3) is 9.27. The number of nitrogens with zero attached hydrogens (tertiary/aromatic N) is 3. The zero-order valence-corrected chi connectivity index (χ0v) is 34.2. The van der Waals surface area contributed by atoms with Crippen LogP contribution in [0.4, 0.5) is 6.01 Å². The highest BCUT2D eigenvalue weighted by Gasteiger charge is 2.53. The van der Waals surface area contributed by atoms with Crippen LogP contribution in [-0.4, -0.2) is 125 Å². The molecule has 1 aromatic heterocycles. The number of aliphatic hydroxyl groups excluding tert-OH is 1. The van der Waals surface area contributed by atoms with Gasteiger partial charge in [0.1, 0.15) is 47.3 Å². The molecule has 3 aliphatic heterocycles. The summed E-state index contributed by atoms with van der Waals surface area (Å²) in [6, 6.07) is 4.99. The molecule has 16 nitrogen and oxygen atoms in total. The lowest BCUT2D eigenvalue weighted by atomic mass is 9.74. The van der Waals surface area contributed by atoms with E-state index in [2.05, 4.69) is 10.1 Å². The number of benzene rings is 1. The molecule has 3 saturated heterocycles. The lowest BCUT2D eigenvalue weighted by Gasteiger charge is -2.47. The van der Waals surface area contributed by atoms with Crippen LogP contribution >= 0.6 is 0 Å². The van der Waals surface area contributed by atoms with Crippen molar-refractivity contribution in [3.8, 4) is 0 Å². The third-order valence-corrected chi connectivity index (χ3v) is 11.7. The second kappa shape index (κ2) is 17.5. The van der Waals surface area contributed by atoms with Crippen LogP contribution in [0.25, 0.3) is 11.1 Å². The van der Waals surface area contributed by atoms with E-state index in [9.17, 15) is 24.6 Å². The Labute approximate surface area is 328 Å². The lowest BCUT2D eigenvalue weighted by molar-refractivity contribution is -0.296. The van der Waals surface area contributed by atoms with E-state index in [1.165, 1.54) is 13.8 Å². The zero-order valence-electron chi connectivity index (χ0n) is 34.2. The maximum atomic E-state index is 14.4. The molecule has 3 aliphatic rings. The van der Waals surface area contributed by atoms with Crippen LogP contribution < -0.4 is 5.73 Å². The Morgan fingerprint density at radius 1 is 1.05 bits per heavy atom. The largest absolute Gasteiger partial charge is 0.459 e. The van der Waals surface area contributed by atoms with Gasteiger partial charge in [0.2, 0.25) is 0 Å². The number of hydrogen-bond acceptors (Lipinski definition) is 16. The molecule has 13 atom stereocenters. The van der Waals surface area contributed by atoms with Crippen molar-refractivity contribution in [3.05, 3.63) is 23.8 Å². The first-order valence-corrected chi connectivity index (χ1v) is 19.5. The van der Waals surface area contributed by atoms with Gasteiger partial charge in [0.25, 0.3) is 6.01 Å². The summed E-state index contributed by atoms with van der Waals surface area (Å²) in [6.45, 7) is 12.9. The highest BCUT2D eigenvalue weighted by molar-refractivity contribution is 6.00.